The monoisotopic (exact) mass is 404 g/mol. The van der Waals surface area contributed by atoms with E-state index in [9.17, 15) is 13.2 Å². The van der Waals surface area contributed by atoms with Gasteiger partial charge >= 0.3 is 6.18 Å². The first-order valence-electron chi connectivity index (χ1n) is 9.15. The van der Waals surface area contributed by atoms with Gasteiger partial charge in [0.25, 0.3) is 0 Å². The van der Waals surface area contributed by atoms with Gasteiger partial charge in [-0.25, -0.2) is 4.98 Å². The van der Waals surface area contributed by atoms with Crippen LogP contribution in [-0.2, 0) is 10.9 Å². The molecule has 2 atom stereocenters. The van der Waals surface area contributed by atoms with Crippen LogP contribution in [0.1, 0.15) is 31.4 Å². The van der Waals surface area contributed by atoms with Crippen molar-refractivity contribution in [3.8, 4) is 6.07 Å². The number of nitriles is 1. The predicted molar refractivity (Wildman–Crippen MR) is 104 cm³/mol. The molecule has 0 saturated carbocycles. The Morgan fingerprint density at radius 1 is 1.34 bits per heavy atom. The Balaban J connectivity index is 2.06. The predicted octanol–water partition coefficient (Wildman–Crippen LogP) is 4.56. The highest BCUT2D eigenvalue weighted by Crippen LogP contribution is 2.42. The van der Waals surface area contributed by atoms with Gasteiger partial charge in [-0.15, -0.1) is 0 Å². The number of rotatable bonds is 4. The SMILES string of the molecule is COC1CC(C)(C)C(N(C)c2ccc(C#N)c(C(F)(F)F)c2)C=C1n1ccnc1. The summed E-state index contributed by atoms with van der Waals surface area (Å²) in [6.45, 7) is 4.13. The van der Waals surface area contributed by atoms with E-state index in [4.69, 9.17) is 10.00 Å². The molecule has 1 heterocycles. The van der Waals surface area contributed by atoms with E-state index in [0.717, 1.165) is 11.8 Å². The van der Waals surface area contributed by atoms with Crippen LogP contribution in [-0.4, -0.2) is 35.9 Å². The fraction of sp³-hybridized carbons (Fsp3) is 0.429. The highest BCUT2D eigenvalue weighted by Gasteiger charge is 2.41. The summed E-state index contributed by atoms with van der Waals surface area (Å²) in [6, 6.07) is 5.25. The van der Waals surface area contributed by atoms with E-state index in [-0.39, 0.29) is 23.1 Å². The number of ether oxygens (including phenoxy) is 1. The lowest BCUT2D eigenvalue weighted by atomic mass is 9.73. The van der Waals surface area contributed by atoms with E-state index in [1.54, 1.807) is 38.8 Å². The van der Waals surface area contributed by atoms with Crippen molar-refractivity contribution in [1.29, 1.82) is 5.26 Å². The lowest BCUT2D eigenvalue weighted by Gasteiger charge is -2.45. The molecular formula is C21H23F3N4O. The average molecular weight is 404 g/mol. The van der Waals surface area contributed by atoms with Crippen LogP contribution in [0.2, 0.25) is 0 Å². The summed E-state index contributed by atoms with van der Waals surface area (Å²) in [5.41, 5.74) is -0.290. The molecule has 0 saturated heterocycles. The number of likely N-dealkylation sites (N-methyl/N-ethyl adjacent to an activating group) is 1. The standard InChI is InChI=1S/C21H23F3N4O/c1-20(2)11-18(29-4)17(28-8-7-26-13-28)10-19(20)27(3)15-6-5-14(12-25)16(9-15)21(22,23)24/h5-10,13,18-19H,11H2,1-4H3. The second kappa shape index (κ2) is 7.56. The largest absolute Gasteiger partial charge is 0.417 e. The number of hydrogen-bond donors (Lipinski definition) is 0. The van der Waals surface area contributed by atoms with Crippen molar-refractivity contribution in [2.24, 2.45) is 5.41 Å². The van der Waals surface area contributed by atoms with E-state index in [1.165, 1.54) is 6.07 Å². The number of halogens is 3. The zero-order valence-electron chi connectivity index (χ0n) is 16.7. The maximum Gasteiger partial charge on any atom is 0.417 e. The first-order chi connectivity index (χ1) is 13.6. The maximum atomic E-state index is 13.4. The van der Waals surface area contributed by atoms with Gasteiger partial charge in [0.1, 0.15) is 0 Å². The molecule has 0 amide bonds. The normalized spacial score (nSPS) is 21.4. The second-order valence-electron chi connectivity index (χ2n) is 7.87. The molecule has 0 N–H and O–H groups in total. The Kier molecular flexibility index (Phi) is 5.46. The van der Waals surface area contributed by atoms with Crippen molar-refractivity contribution in [1.82, 2.24) is 9.55 Å². The molecule has 0 spiro atoms. The average Bonchev–Trinajstić information content (AvgIpc) is 3.19. The number of alkyl halides is 3. The lowest BCUT2D eigenvalue weighted by Crippen LogP contribution is -2.47. The smallest absolute Gasteiger partial charge is 0.375 e. The van der Waals surface area contributed by atoms with E-state index in [0.29, 0.717) is 12.1 Å². The van der Waals surface area contributed by atoms with E-state index < -0.39 is 11.7 Å². The number of imidazole rings is 1. The van der Waals surface area contributed by atoms with Crippen molar-refractivity contribution in [3.05, 3.63) is 54.1 Å². The Morgan fingerprint density at radius 3 is 2.62 bits per heavy atom. The molecule has 8 heteroatoms. The van der Waals surface area contributed by atoms with Crippen molar-refractivity contribution in [2.75, 3.05) is 19.1 Å². The summed E-state index contributed by atoms with van der Waals surface area (Å²) in [7, 11) is 3.41. The van der Waals surface area contributed by atoms with E-state index >= 15 is 0 Å². The molecule has 0 radical (unpaired) electrons. The van der Waals surface area contributed by atoms with Gasteiger partial charge in [0, 0.05) is 32.2 Å². The van der Waals surface area contributed by atoms with Gasteiger partial charge in [0.05, 0.1) is 41.4 Å². The third-order valence-corrected chi connectivity index (χ3v) is 5.51. The van der Waals surface area contributed by atoms with Crippen LogP contribution in [0.3, 0.4) is 0 Å². The molecule has 1 aromatic carbocycles. The third-order valence-electron chi connectivity index (χ3n) is 5.51. The van der Waals surface area contributed by atoms with Gasteiger partial charge in [-0.05, 0) is 36.1 Å². The zero-order valence-corrected chi connectivity index (χ0v) is 16.7. The molecule has 0 aliphatic heterocycles. The van der Waals surface area contributed by atoms with Gasteiger partial charge in [0.15, 0.2) is 0 Å². The number of nitrogens with zero attached hydrogens (tertiary/aromatic N) is 4. The number of benzene rings is 1. The van der Waals surface area contributed by atoms with Crippen LogP contribution in [0.5, 0.6) is 0 Å². The molecule has 5 nitrogen and oxygen atoms in total. The Bertz CT molecular complexity index is 942. The summed E-state index contributed by atoms with van der Waals surface area (Å²) in [4.78, 5) is 5.90. The minimum atomic E-state index is -4.59. The molecule has 29 heavy (non-hydrogen) atoms. The van der Waals surface area contributed by atoms with Gasteiger partial charge in [-0.3, -0.25) is 0 Å². The quantitative estimate of drug-likeness (QED) is 0.749. The summed E-state index contributed by atoms with van der Waals surface area (Å²) in [5.74, 6) is 0. The van der Waals surface area contributed by atoms with Gasteiger partial charge < -0.3 is 14.2 Å². The van der Waals surface area contributed by atoms with Crippen LogP contribution < -0.4 is 4.90 Å². The van der Waals surface area contributed by atoms with Gasteiger partial charge in [-0.1, -0.05) is 13.8 Å². The molecule has 2 aromatic rings. The number of aromatic nitrogens is 2. The second-order valence-corrected chi connectivity index (χ2v) is 7.87. The van der Waals surface area contributed by atoms with Crippen molar-refractivity contribution in [3.63, 3.8) is 0 Å². The van der Waals surface area contributed by atoms with Crippen LogP contribution in [0.25, 0.3) is 5.70 Å². The molecule has 3 rings (SSSR count). The van der Waals surface area contributed by atoms with Gasteiger partial charge in [0.2, 0.25) is 0 Å². The number of hydrogen-bond acceptors (Lipinski definition) is 4. The third kappa shape index (κ3) is 4.01. The Labute approximate surface area is 168 Å². The number of anilines is 1. The maximum absolute atomic E-state index is 13.4. The van der Waals surface area contributed by atoms with E-state index in [1.807, 2.05) is 21.7 Å². The molecule has 1 aromatic heterocycles. The molecule has 1 aliphatic rings. The minimum Gasteiger partial charge on any atom is -0.375 e. The first kappa shape index (κ1) is 20.9. The molecule has 154 valence electrons. The lowest BCUT2D eigenvalue weighted by molar-refractivity contribution is -0.137. The minimum absolute atomic E-state index is 0.157. The fourth-order valence-electron chi connectivity index (χ4n) is 3.95. The molecule has 0 bridgehead atoms. The first-order valence-corrected chi connectivity index (χ1v) is 9.15. The molecule has 2 unspecified atom stereocenters. The Morgan fingerprint density at radius 2 is 2.07 bits per heavy atom. The molecule has 0 fully saturated rings. The summed E-state index contributed by atoms with van der Waals surface area (Å²) in [5, 5.41) is 9.04. The van der Waals surface area contributed by atoms with Gasteiger partial charge in [-0.2, -0.15) is 18.4 Å². The van der Waals surface area contributed by atoms with Crippen LogP contribution in [0, 0.1) is 16.7 Å². The van der Waals surface area contributed by atoms with E-state index in [2.05, 4.69) is 18.8 Å². The highest BCUT2D eigenvalue weighted by atomic mass is 19.4. The molecular weight excluding hydrogens is 381 g/mol. The van der Waals surface area contributed by atoms with Crippen LogP contribution in [0.4, 0.5) is 18.9 Å². The summed E-state index contributed by atoms with van der Waals surface area (Å²) >= 11 is 0. The van der Waals surface area contributed by atoms with Crippen molar-refractivity contribution < 1.29 is 17.9 Å². The van der Waals surface area contributed by atoms with Crippen LogP contribution >= 0.6 is 0 Å². The summed E-state index contributed by atoms with van der Waals surface area (Å²) in [6.07, 6.45) is 3.12. The topological polar surface area (TPSA) is 54.1 Å². The Hall–Kier alpha value is -2.79. The number of methoxy groups -OCH3 is 1. The van der Waals surface area contributed by atoms with Crippen molar-refractivity contribution >= 4 is 11.4 Å². The highest BCUT2D eigenvalue weighted by molar-refractivity contribution is 5.60. The van der Waals surface area contributed by atoms with Crippen molar-refractivity contribution in [2.45, 2.75) is 38.6 Å². The van der Waals surface area contributed by atoms with Crippen LogP contribution in [0.15, 0.2) is 43.0 Å². The summed E-state index contributed by atoms with van der Waals surface area (Å²) < 4.78 is 47.8. The zero-order chi connectivity index (χ0) is 21.4. The molecule has 1 aliphatic carbocycles. The fourth-order valence-corrected chi connectivity index (χ4v) is 3.95.